The van der Waals surface area contributed by atoms with Gasteiger partial charge in [-0.1, -0.05) is 6.07 Å². The van der Waals surface area contributed by atoms with Crippen molar-refractivity contribution in [2.75, 3.05) is 23.9 Å². The molecule has 132 valence electrons. The van der Waals surface area contributed by atoms with Gasteiger partial charge in [-0.25, -0.2) is 8.42 Å². The summed E-state index contributed by atoms with van der Waals surface area (Å²) in [6.07, 6.45) is 4.31. The fourth-order valence-electron chi connectivity index (χ4n) is 2.33. The molecule has 0 saturated carbocycles. The number of fused-ring (bicyclic) bond motifs is 1. The molecule has 0 fully saturated rings. The van der Waals surface area contributed by atoms with Crippen molar-refractivity contribution in [3.8, 4) is 11.5 Å². The van der Waals surface area contributed by atoms with Gasteiger partial charge in [0.15, 0.2) is 11.5 Å². The molecule has 25 heavy (non-hydrogen) atoms. The fourth-order valence-corrected chi connectivity index (χ4v) is 3.18. The standard InChI is InChI=1S/C16H17N3O5S/c1-25(21,22)19(13-4-5-14-15(7-13)24-11-23-14)10-16(20)18-9-12-3-2-6-17-8-12/h2-8H,9-11H2,1H3,(H,18,20). The number of nitrogens with zero attached hydrogens (tertiary/aromatic N) is 2. The lowest BCUT2D eigenvalue weighted by Crippen LogP contribution is -2.40. The zero-order valence-corrected chi connectivity index (χ0v) is 14.3. The third kappa shape index (κ3) is 4.18. The maximum absolute atomic E-state index is 12.2. The lowest BCUT2D eigenvalue weighted by atomic mass is 10.2. The van der Waals surface area contributed by atoms with Crippen LogP contribution in [0.3, 0.4) is 0 Å². The number of carbonyl (C=O) groups excluding carboxylic acids is 1. The van der Waals surface area contributed by atoms with Crippen LogP contribution in [0.15, 0.2) is 42.7 Å². The molecule has 9 heteroatoms. The van der Waals surface area contributed by atoms with Crippen LogP contribution < -0.4 is 19.1 Å². The molecule has 0 saturated heterocycles. The number of anilines is 1. The Hall–Kier alpha value is -2.81. The van der Waals surface area contributed by atoms with E-state index >= 15 is 0 Å². The van der Waals surface area contributed by atoms with Crippen LogP contribution in [0.5, 0.6) is 11.5 Å². The van der Waals surface area contributed by atoms with Crippen molar-refractivity contribution in [1.82, 2.24) is 10.3 Å². The van der Waals surface area contributed by atoms with E-state index in [-0.39, 0.29) is 19.9 Å². The normalized spacial score (nSPS) is 12.7. The summed E-state index contributed by atoms with van der Waals surface area (Å²) >= 11 is 0. The van der Waals surface area contributed by atoms with Crippen molar-refractivity contribution in [3.05, 3.63) is 48.3 Å². The van der Waals surface area contributed by atoms with Crippen molar-refractivity contribution in [1.29, 1.82) is 0 Å². The van der Waals surface area contributed by atoms with Gasteiger partial charge in [-0.15, -0.1) is 0 Å². The Bertz CT molecular complexity index is 871. The molecule has 3 rings (SSSR count). The van der Waals surface area contributed by atoms with Gasteiger partial charge in [0.25, 0.3) is 0 Å². The number of amides is 1. The number of hydrogen-bond acceptors (Lipinski definition) is 6. The zero-order valence-electron chi connectivity index (χ0n) is 13.5. The zero-order chi connectivity index (χ0) is 17.9. The van der Waals surface area contributed by atoms with E-state index in [0.717, 1.165) is 16.1 Å². The van der Waals surface area contributed by atoms with Gasteiger partial charge in [-0.3, -0.25) is 14.1 Å². The van der Waals surface area contributed by atoms with Crippen LogP contribution in [0.25, 0.3) is 0 Å². The van der Waals surface area contributed by atoms with Crippen molar-refractivity contribution < 1.29 is 22.7 Å². The Morgan fingerprint density at radius 1 is 1.28 bits per heavy atom. The smallest absolute Gasteiger partial charge is 0.241 e. The molecule has 0 unspecified atom stereocenters. The van der Waals surface area contributed by atoms with Crippen molar-refractivity contribution >= 4 is 21.6 Å². The molecule has 8 nitrogen and oxygen atoms in total. The number of ether oxygens (including phenoxy) is 2. The average Bonchev–Trinajstić information content (AvgIpc) is 3.05. The van der Waals surface area contributed by atoms with Crippen LogP contribution in [0.4, 0.5) is 5.69 Å². The highest BCUT2D eigenvalue weighted by molar-refractivity contribution is 7.92. The van der Waals surface area contributed by atoms with E-state index in [9.17, 15) is 13.2 Å². The summed E-state index contributed by atoms with van der Waals surface area (Å²) < 4.78 is 35.7. The number of carbonyl (C=O) groups is 1. The molecule has 0 radical (unpaired) electrons. The maximum Gasteiger partial charge on any atom is 0.241 e. The Morgan fingerprint density at radius 2 is 2.08 bits per heavy atom. The SMILES string of the molecule is CS(=O)(=O)N(CC(=O)NCc1cccnc1)c1ccc2c(c1)OCO2. The average molecular weight is 363 g/mol. The maximum atomic E-state index is 12.2. The Labute approximate surface area is 145 Å². The Kier molecular flexibility index (Phi) is 4.75. The topological polar surface area (TPSA) is 97.8 Å². The van der Waals surface area contributed by atoms with Gasteiger partial charge in [0, 0.05) is 25.0 Å². The Balaban J connectivity index is 1.72. The monoisotopic (exact) mass is 363 g/mol. The summed E-state index contributed by atoms with van der Waals surface area (Å²) in [5.74, 6) is 0.562. The summed E-state index contributed by atoms with van der Waals surface area (Å²) in [5.41, 5.74) is 1.16. The molecule has 2 heterocycles. The second-order valence-corrected chi connectivity index (χ2v) is 7.35. The summed E-state index contributed by atoms with van der Waals surface area (Å²) in [7, 11) is -3.65. The molecule has 0 aliphatic carbocycles. The first-order valence-electron chi connectivity index (χ1n) is 7.46. The van der Waals surface area contributed by atoms with Gasteiger partial charge in [0.1, 0.15) is 6.54 Å². The van der Waals surface area contributed by atoms with E-state index < -0.39 is 15.9 Å². The van der Waals surface area contributed by atoms with Gasteiger partial charge in [0.2, 0.25) is 22.7 Å². The Morgan fingerprint density at radius 3 is 2.80 bits per heavy atom. The molecule has 1 aliphatic rings. The molecule has 1 N–H and O–H groups in total. The summed E-state index contributed by atoms with van der Waals surface area (Å²) in [6, 6.07) is 8.31. The predicted octanol–water partition coefficient (Wildman–Crippen LogP) is 0.893. The molecular formula is C16H17N3O5S. The number of nitrogens with one attached hydrogen (secondary N) is 1. The second-order valence-electron chi connectivity index (χ2n) is 5.45. The molecular weight excluding hydrogens is 346 g/mol. The lowest BCUT2D eigenvalue weighted by molar-refractivity contribution is -0.119. The quantitative estimate of drug-likeness (QED) is 0.819. The minimum Gasteiger partial charge on any atom is -0.454 e. The third-order valence-electron chi connectivity index (χ3n) is 3.54. The van der Waals surface area contributed by atoms with E-state index in [1.165, 1.54) is 6.07 Å². The van der Waals surface area contributed by atoms with Crippen molar-refractivity contribution in [2.45, 2.75) is 6.54 Å². The molecule has 1 aromatic carbocycles. The highest BCUT2D eigenvalue weighted by Gasteiger charge is 2.23. The van der Waals surface area contributed by atoms with Crippen LogP contribution in [0, 0.1) is 0 Å². The predicted molar refractivity (Wildman–Crippen MR) is 90.8 cm³/mol. The lowest BCUT2D eigenvalue weighted by Gasteiger charge is -2.22. The van der Waals surface area contributed by atoms with Gasteiger partial charge >= 0.3 is 0 Å². The van der Waals surface area contributed by atoms with E-state index in [4.69, 9.17) is 9.47 Å². The van der Waals surface area contributed by atoms with Crippen molar-refractivity contribution in [3.63, 3.8) is 0 Å². The van der Waals surface area contributed by atoms with E-state index in [0.29, 0.717) is 17.2 Å². The second kappa shape index (κ2) is 6.98. The molecule has 0 atom stereocenters. The van der Waals surface area contributed by atoms with Crippen LogP contribution >= 0.6 is 0 Å². The van der Waals surface area contributed by atoms with Crippen LogP contribution in [-0.4, -0.2) is 38.9 Å². The number of aromatic nitrogens is 1. The van der Waals surface area contributed by atoms with Gasteiger partial charge in [0.05, 0.1) is 11.9 Å². The molecule has 0 spiro atoms. The van der Waals surface area contributed by atoms with Gasteiger partial charge in [-0.05, 0) is 23.8 Å². The minimum atomic E-state index is -3.65. The number of benzene rings is 1. The minimum absolute atomic E-state index is 0.0866. The molecule has 1 aromatic heterocycles. The van der Waals surface area contributed by atoms with Crippen LogP contribution in [0.1, 0.15) is 5.56 Å². The van der Waals surface area contributed by atoms with Gasteiger partial charge < -0.3 is 14.8 Å². The first-order valence-corrected chi connectivity index (χ1v) is 9.31. The third-order valence-corrected chi connectivity index (χ3v) is 4.68. The van der Waals surface area contributed by atoms with Gasteiger partial charge in [-0.2, -0.15) is 0 Å². The van der Waals surface area contributed by atoms with Crippen molar-refractivity contribution in [2.24, 2.45) is 0 Å². The highest BCUT2D eigenvalue weighted by atomic mass is 32.2. The van der Waals surface area contributed by atoms with E-state index in [1.54, 1.807) is 30.6 Å². The largest absolute Gasteiger partial charge is 0.454 e. The van der Waals surface area contributed by atoms with Crippen LogP contribution in [-0.2, 0) is 21.4 Å². The number of pyridine rings is 1. The van der Waals surface area contributed by atoms with E-state index in [1.807, 2.05) is 6.07 Å². The first-order chi connectivity index (χ1) is 11.9. The summed E-state index contributed by atoms with van der Waals surface area (Å²) in [5, 5.41) is 2.68. The number of hydrogen-bond donors (Lipinski definition) is 1. The first kappa shape index (κ1) is 17.0. The highest BCUT2D eigenvalue weighted by Crippen LogP contribution is 2.35. The summed E-state index contributed by atoms with van der Waals surface area (Å²) in [6.45, 7) is 0.0212. The number of sulfonamides is 1. The molecule has 2 aromatic rings. The van der Waals surface area contributed by atoms with E-state index in [2.05, 4.69) is 10.3 Å². The molecule has 0 bridgehead atoms. The summed E-state index contributed by atoms with van der Waals surface area (Å²) in [4.78, 5) is 16.1. The number of rotatable bonds is 6. The van der Waals surface area contributed by atoms with Crippen LogP contribution in [0.2, 0.25) is 0 Å². The molecule has 1 amide bonds. The molecule has 1 aliphatic heterocycles. The fraction of sp³-hybridized carbons (Fsp3) is 0.250.